The molecule has 4 atom stereocenters. The summed E-state index contributed by atoms with van der Waals surface area (Å²) >= 11 is 0. The Labute approximate surface area is 309 Å². The Bertz CT molecular complexity index is 2340. The Morgan fingerprint density at radius 3 is 2.06 bits per heavy atom. The quantitative estimate of drug-likeness (QED) is 0.162. The van der Waals surface area contributed by atoms with Gasteiger partial charge in [-0.2, -0.15) is 0 Å². The summed E-state index contributed by atoms with van der Waals surface area (Å²) in [6.07, 6.45) is 26.1. The van der Waals surface area contributed by atoms with Gasteiger partial charge >= 0.3 is 0 Å². The molecule has 5 aromatic rings. The first-order valence-electron chi connectivity index (χ1n) is 19.4. The van der Waals surface area contributed by atoms with E-state index in [0.29, 0.717) is 17.8 Å². The molecule has 5 aliphatic rings. The summed E-state index contributed by atoms with van der Waals surface area (Å²) in [5, 5.41) is 0. The summed E-state index contributed by atoms with van der Waals surface area (Å²) in [5.41, 5.74) is 19.0. The molecule has 0 heteroatoms. The fraction of sp³-hybridized carbons (Fsp3) is 0.192. The third kappa shape index (κ3) is 4.95. The summed E-state index contributed by atoms with van der Waals surface area (Å²) in [5.74, 6) is 1.16. The van der Waals surface area contributed by atoms with Crippen LogP contribution >= 0.6 is 0 Å². The molecule has 1 spiro atoms. The molecule has 5 aliphatic carbocycles. The van der Waals surface area contributed by atoms with Gasteiger partial charge in [0.15, 0.2) is 0 Å². The van der Waals surface area contributed by atoms with Crippen LogP contribution in [-0.2, 0) is 18.3 Å². The normalized spacial score (nSPS) is 22.8. The van der Waals surface area contributed by atoms with Crippen molar-refractivity contribution in [3.05, 3.63) is 221 Å². The highest BCUT2D eigenvalue weighted by Crippen LogP contribution is 2.67. The van der Waals surface area contributed by atoms with Crippen molar-refractivity contribution in [3.63, 3.8) is 0 Å². The van der Waals surface area contributed by atoms with Crippen molar-refractivity contribution in [2.24, 2.45) is 11.8 Å². The number of hydrogen-bond acceptors (Lipinski definition) is 0. The van der Waals surface area contributed by atoms with Crippen molar-refractivity contribution in [3.8, 4) is 22.3 Å². The van der Waals surface area contributed by atoms with Crippen LogP contribution in [0, 0.1) is 11.8 Å². The molecule has 52 heavy (non-hydrogen) atoms. The molecule has 0 N–H and O–H groups in total. The number of fused-ring (bicyclic) bond motifs is 8. The van der Waals surface area contributed by atoms with E-state index in [2.05, 4.69) is 176 Å². The van der Waals surface area contributed by atoms with Gasteiger partial charge in [-0.05, 0) is 111 Å². The smallest absolute Gasteiger partial charge is 0.0466 e. The van der Waals surface area contributed by atoms with E-state index in [1.54, 1.807) is 22.3 Å². The van der Waals surface area contributed by atoms with E-state index < -0.39 is 0 Å². The molecule has 0 aliphatic heterocycles. The van der Waals surface area contributed by atoms with E-state index in [1.807, 2.05) is 0 Å². The topological polar surface area (TPSA) is 0 Å². The molecule has 0 heterocycles. The minimum Gasteiger partial charge on any atom is -0.0839 e. The van der Waals surface area contributed by atoms with Crippen LogP contribution in [0.5, 0.6) is 0 Å². The molecule has 0 amide bonds. The maximum absolute atomic E-state index is 2.57. The SMILES string of the molecule is C1=CC2C3=C(CCC=C3)C3(C4=C(C=CCC4)c4cccc(CC(Cc5ccc(-c6ccccc6)cc5)c5ccccc5-c5ccccc5)c43)C2C=C1. The van der Waals surface area contributed by atoms with E-state index in [-0.39, 0.29) is 5.41 Å². The molecule has 0 fully saturated rings. The monoisotopic (exact) mass is 668 g/mol. The standard InChI is InChI=1S/C52H44/c1-3-16-37(17-4-1)38-32-30-36(31-33-38)34-41(43-22-8-7-21-42(43)39-18-5-2-6-19-39)35-40-20-15-26-47-46-25-11-14-29-50(46)52(51(40)47)48-27-12-9-23-44(48)45-24-10-13-28-49(45)52/h1-12,15-27,30-33,41,44,48H,13-14,28-29,34-35H2. The molecule has 0 saturated heterocycles. The Morgan fingerprint density at radius 2 is 1.23 bits per heavy atom. The van der Waals surface area contributed by atoms with E-state index in [1.165, 1.54) is 50.1 Å². The summed E-state index contributed by atoms with van der Waals surface area (Å²) < 4.78 is 0. The van der Waals surface area contributed by atoms with E-state index in [0.717, 1.165) is 38.5 Å². The minimum absolute atomic E-state index is 0.0706. The molecule has 0 nitrogen and oxygen atoms in total. The van der Waals surface area contributed by atoms with Crippen LogP contribution in [0.1, 0.15) is 59.4 Å². The predicted octanol–water partition coefficient (Wildman–Crippen LogP) is 13.0. The van der Waals surface area contributed by atoms with Gasteiger partial charge in [0, 0.05) is 17.3 Å². The highest BCUT2D eigenvalue weighted by Gasteiger charge is 2.59. The Morgan fingerprint density at radius 1 is 0.558 bits per heavy atom. The van der Waals surface area contributed by atoms with Crippen molar-refractivity contribution in [2.45, 2.75) is 49.9 Å². The lowest BCUT2D eigenvalue weighted by Gasteiger charge is -2.41. The maximum Gasteiger partial charge on any atom is 0.0466 e. The third-order valence-electron chi connectivity index (χ3n) is 12.7. The number of hydrogen-bond donors (Lipinski definition) is 0. The zero-order valence-corrected chi connectivity index (χ0v) is 29.7. The highest BCUT2D eigenvalue weighted by atomic mass is 14.6. The average Bonchev–Trinajstić information content (AvgIpc) is 3.69. The van der Waals surface area contributed by atoms with Gasteiger partial charge in [-0.3, -0.25) is 0 Å². The van der Waals surface area contributed by atoms with Gasteiger partial charge in [0.05, 0.1) is 0 Å². The minimum atomic E-state index is -0.0706. The van der Waals surface area contributed by atoms with Gasteiger partial charge in [0.2, 0.25) is 0 Å². The van der Waals surface area contributed by atoms with Crippen molar-refractivity contribution in [1.29, 1.82) is 0 Å². The van der Waals surface area contributed by atoms with Crippen molar-refractivity contribution >= 4 is 5.57 Å². The van der Waals surface area contributed by atoms with Crippen LogP contribution in [0.4, 0.5) is 0 Å². The lowest BCUT2D eigenvalue weighted by Crippen LogP contribution is -2.37. The first-order chi connectivity index (χ1) is 25.8. The van der Waals surface area contributed by atoms with Gasteiger partial charge in [-0.25, -0.2) is 0 Å². The summed E-state index contributed by atoms with van der Waals surface area (Å²) in [7, 11) is 0. The van der Waals surface area contributed by atoms with Gasteiger partial charge in [0.1, 0.15) is 0 Å². The van der Waals surface area contributed by atoms with Crippen LogP contribution in [0.25, 0.3) is 27.8 Å². The molecule has 0 aromatic heterocycles. The molecule has 5 aromatic carbocycles. The second-order valence-corrected chi connectivity index (χ2v) is 15.3. The van der Waals surface area contributed by atoms with Gasteiger partial charge in [-0.1, -0.05) is 182 Å². The zero-order valence-electron chi connectivity index (χ0n) is 29.7. The molecule has 0 saturated carbocycles. The molecule has 4 unspecified atom stereocenters. The van der Waals surface area contributed by atoms with Crippen LogP contribution in [-0.4, -0.2) is 0 Å². The molecule has 10 rings (SSSR count). The zero-order chi connectivity index (χ0) is 34.5. The molecular formula is C52H44. The van der Waals surface area contributed by atoms with Crippen molar-refractivity contribution in [2.75, 3.05) is 0 Å². The Balaban J connectivity index is 1.13. The van der Waals surface area contributed by atoms with Gasteiger partial charge < -0.3 is 0 Å². The van der Waals surface area contributed by atoms with Crippen molar-refractivity contribution < 1.29 is 0 Å². The fourth-order valence-corrected chi connectivity index (χ4v) is 10.6. The molecular weight excluding hydrogens is 625 g/mol. The summed E-state index contributed by atoms with van der Waals surface area (Å²) in [6.45, 7) is 0. The van der Waals surface area contributed by atoms with Gasteiger partial charge in [0.25, 0.3) is 0 Å². The lowest BCUT2D eigenvalue weighted by atomic mass is 9.60. The van der Waals surface area contributed by atoms with Crippen molar-refractivity contribution in [1.82, 2.24) is 0 Å². The van der Waals surface area contributed by atoms with Crippen LogP contribution in [0.15, 0.2) is 193 Å². The number of benzene rings is 5. The average molecular weight is 669 g/mol. The molecule has 0 radical (unpaired) electrons. The molecule has 252 valence electrons. The van der Waals surface area contributed by atoms with E-state index in [9.17, 15) is 0 Å². The lowest BCUT2D eigenvalue weighted by molar-refractivity contribution is 0.404. The fourth-order valence-electron chi connectivity index (χ4n) is 10.6. The summed E-state index contributed by atoms with van der Waals surface area (Å²) in [4.78, 5) is 0. The van der Waals surface area contributed by atoms with Crippen LogP contribution in [0.2, 0.25) is 0 Å². The first kappa shape index (κ1) is 31.3. The largest absolute Gasteiger partial charge is 0.0839 e. The molecule has 0 bridgehead atoms. The van der Waals surface area contributed by atoms with E-state index in [4.69, 9.17) is 0 Å². The van der Waals surface area contributed by atoms with E-state index >= 15 is 0 Å². The maximum atomic E-state index is 2.57. The predicted molar refractivity (Wildman–Crippen MR) is 218 cm³/mol. The number of rotatable bonds is 7. The summed E-state index contributed by atoms with van der Waals surface area (Å²) in [6, 6.07) is 47.7. The van der Waals surface area contributed by atoms with Gasteiger partial charge in [-0.15, -0.1) is 0 Å². The third-order valence-corrected chi connectivity index (χ3v) is 12.7. The Hall–Kier alpha value is -5.46. The second kappa shape index (κ2) is 12.9. The van der Waals surface area contributed by atoms with Crippen LogP contribution in [0.3, 0.4) is 0 Å². The number of allylic oxidation sites excluding steroid dienone is 12. The second-order valence-electron chi connectivity index (χ2n) is 15.3. The Kier molecular flexibility index (Phi) is 7.79. The van der Waals surface area contributed by atoms with Crippen LogP contribution < -0.4 is 0 Å². The highest BCUT2D eigenvalue weighted by molar-refractivity contribution is 5.91. The first-order valence-corrected chi connectivity index (χ1v) is 19.4.